The fourth-order valence-corrected chi connectivity index (χ4v) is 4.82. The third-order valence-electron chi connectivity index (χ3n) is 7.01. The number of fused-ring (bicyclic) bond motifs is 1. The molecule has 4 aliphatic rings. The molecule has 0 aliphatic carbocycles. The van der Waals surface area contributed by atoms with Crippen molar-refractivity contribution in [2.45, 2.75) is 25.3 Å². The molecule has 4 aliphatic heterocycles. The second kappa shape index (κ2) is 10.5. The van der Waals surface area contributed by atoms with Crippen LogP contribution in [-0.2, 0) is 12.7 Å². The van der Waals surface area contributed by atoms with Gasteiger partial charge in [-0.3, -0.25) is 4.90 Å². The Morgan fingerprint density at radius 1 is 1.22 bits per heavy atom. The average Bonchev–Trinajstić information content (AvgIpc) is 3.52. The molecule has 2 amide bonds. The summed E-state index contributed by atoms with van der Waals surface area (Å²) in [4.78, 5) is 18.6. The highest BCUT2D eigenvalue weighted by molar-refractivity contribution is 5.89. The van der Waals surface area contributed by atoms with Gasteiger partial charge in [0.2, 0.25) is 0 Å². The highest BCUT2D eigenvalue weighted by Gasteiger charge is 2.35. The number of hydrazone groups is 1. The van der Waals surface area contributed by atoms with E-state index in [4.69, 9.17) is 0 Å². The third kappa shape index (κ3) is 5.92. The molecular formula is C26H30F3N7O. The summed E-state index contributed by atoms with van der Waals surface area (Å²) in [6, 6.07) is 3.65. The second-order valence-electron chi connectivity index (χ2n) is 9.72. The lowest BCUT2D eigenvalue weighted by molar-refractivity contribution is -0.138. The quantitative estimate of drug-likeness (QED) is 0.609. The molecule has 11 heteroatoms. The van der Waals surface area contributed by atoms with Gasteiger partial charge in [-0.05, 0) is 49.2 Å². The van der Waals surface area contributed by atoms with Gasteiger partial charge in [0.15, 0.2) is 0 Å². The summed E-state index contributed by atoms with van der Waals surface area (Å²) in [6.45, 7) is 4.24. The van der Waals surface area contributed by atoms with Crippen molar-refractivity contribution in [3.8, 4) is 11.8 Å². The van der Waals surface area contributed by atoms with Crippen molar-refractivity contribution >= 4 is 17.9 Å². The number of nitrogens with zero attached hydrogens (tertiary/aromatic N) is 5. The number of benzene rings is 1. The SMILES string of the molecule is CN1CCN(Cc2ccc(NC(=O)N3CCC(C#CC4=CNC5C=CC=NN45)C3)cc2C(F)(F)F)CC1. The first-order valence-corrected chi connectivity index (χ1v) is 12.4. The first-order valence-electron chi connectivity index (χ1n) is 12.4. The number of allylic oxidation sites excluding steroid dienone is 2. The van der Waals surface area contributed by atoms with Gasteiger partial charge < -0.3 is 20.4 Å². The summed E-state index contributed by atoms with van der Waals surface area (Å²) in [5, 5.41) is 11.9. The van der Waals surface area contributed by atoms with Gasteiger partial charge >= 0.3 is 12.2 Å². The van der Waals surface area contributed by atoms with Gasteiger partial charge in [0.05, 0.1) is 5.56 Å². The van der Waals surface area contributed by atoms with Crippen LogP contribution in [0.2, 0.25) is 0 Å². The lowest BCUT2D eigenvalue weighted by Crippen LogP contribution is -2.44. The number of carbonyl (C=O) groups is 1. The molecule has 0 aromatic heterocycles. The minimum atomic E-state index is -4.51. The molecule has 37 heavy (non-hydrogen) atoms. The van der Waals surface area contributed by atoms with E-state index in [-0.39, 0.29) is 29.9 Å². The summed E-state index contributed by atoms with van der Waals surface area (Å²) in [6.07, 6.45) is 3.52. The number of carbonyl (C=O) groups excluding carboxylic acids is 1. The second-order valence-corrected chi connectivity index (χ2v) is 9.72. The topological polar surface area (TPSA) is 66.5 Å². The molecule has 1 aromatic carbocycles. The third-order valence-corrected chi connectivity index (χ3v) is 7.01. The van der Waals surface area contributed by atoms with E-state index in [0.717, 1.165) is 37.9 Å². The van der Waals surface area contributed by atoms with Gasteiger partial charge in [-0.1, -0.05) is 12.0 Å². The van der Waals surface area contributed by atoms with Gasteiger partial charge in [-0.15, -0.1) is 0 Å². The number of likely N-dealkylation sites (N-methyl/N-ethyl adjacent to an activating group) is 1. The van der Waals surface area contributed by atoms with E-state index in [1.165, 1.54) is 6.07 Å². The zero-order valence-corrected chi connectivity index (χ0v) is 20.6. The summed E-state index contributed by atoms with van der Waals surface area (Å²) in [7, 11) is 2.01. The minimum absolute atomic E-state index is 0.0216. The van der Waals surface area contributed by atoms with Crippen molar-refractivity contribution in [1.29, 1.82) is 0 Å². The maximum absolute atomic E-state index is 13.9. The van der Waals surface area contributed by atoms with E-state index in [0.29, 0.717) is 19.5 Å². The van der Waals surface area contributed by atoms with E-state index in [1.54, 1.807) is 22.2 Å². The molecule has 5 rings (SSSR count). The number of halogens is 3. The molecule has 1 aromatic rings. The van der Waals surface area contributed by atoms with E-state index in [2.05, 4.69) is 32.5 Å². The predicted molar refractivity (Wildman–Crippen MR) is 135 cm³/mol. The zero-order chi connectivity index (χ0) is 26.0. The predicted octanol–water partition coefficient (Wildman–Crippen LogP) is 2.94. The number of piperazine rings is 1. The van der Waals surface area contributed by atoms with Gasteiger partial charge in [0.1, 0.15) is 11.9 Å². The standard InChI is InChI=1S/C26H30F3N7O/c1-33-11-13-34(14-12-33)18-20-5-6-21(15-23(20)26(27,28)29)32-25(37)35-10-8-19(17-35)4-7-22-16-30-24-3-2-9-31-36(22)24/h2-3,5-6,9,15-16,19,24,30H,8,10-14,17-18H2,1H3,(H,32,37). The van der Waals surface area contributed by atoms with Crippen molar-refractivity contribution < 1.29 is 18.0 Å². The van der Waals surface area contributed by atoms with Crippen LogP contribution in [0.4, 0.5) is 23.7 Å². The van der Waals surface area contributed by atoms with Gasteiger partial charge in [0.25, 0.3) is 0 Å². The Morgan fingerprint density at radius 3 is 2.81 bits per heavy atom. The van der Waals surface area contributed by atoms with Crippen molar-refractivity contribution in [3.63, 3.8) is 0 Å². The van der Waals surface area contributed by atoms with Crippen molar-refractivity contribution in [2.75, 3.05) is 51.6 Å². The fourth-order valence-electron chi connectivity index (χ4n) is 4.82. The van der Waals surface area contributed by atoms with Gasteiger partial charge in [-0.2, -0.15) is 18.3 Å². The molecule has 2 atom stereocenters. The summed E-state index contributed by atoms with van der Waals surface area (Å²) < 4.78 is 41.6. The van der Waals surface area contributed by atoms with Crippen LogP contribution in [0.15, 0.2) is 47.3 Å². The molecule has 8 nitrogen and oxygen atoms in total. The molecule has 0 saturated carbocycles. The van der Waals surface area contributed by atoms with Crippen LogP contribution >= 0.6 is 0 Å². The number of likely N-dealkylation sites (tertiary alicyclic amines) is 1. The molecule has 2 fully saturated rings. The monoisotopic (exact) mass is 513 g/mol. The van der Waals surface area contributed by atoms with Crippen molar-refractivity contribution in [2.24, 2.45) is 11.0 Å². The number of hydrogen-bond acceptors (Lipinski definition) is 6. The molecule has 2 unspecified atom stereocenters. The van der Waals surface area contributed by atoms with Crippen LogP contribution in [0.25, 0.3) is 0 Å². The lowest BCUT2D eigenvalue weighted by atomic mass is 10.0. The molecule has 4 heterocycles. The van der Waals surface area contributed by atoms with Gasteiger partial charge in [0, 0.05) is 69.8 Å². The maximum atomic E-state index is 13.9. The highest BCUT2D eigenvalue weighted by Crippen LogP contribution is 2.35. The molecule has 2 N–H and O–H groups in total. The first-order chi connectivity index (χ1) is 17.8. The fraction of sp³-hybridized carbons (Fsp3) is 0.462. The molecule has 196 valence electrons. The Morgan fingerprint density at radius 2 is 2.03 bits per heavy atom. The Kier molecular flexibility index (Phi) is 7.13. The Labute approximate surface area is 214 Å². The van der Waals surface area contributed by atoms with Crippen LogP contribution in [-0.4, -0.2) is 84.4 Å². The van der Waals surface area contributed by atoms with Crippen LogP contribution in [0.3, 0.4) is 0 Å². The van der Waals surface area contributed by atoms with Crippen LogP contribution < -0.4 is 10.6 Å². The smallest absolute Gasteiger partial charge is 0.364 e. The number of hydrogen-bond donors (Lipinski definition) is 2. The molecule has 2 saturated heterocycles. The van der Waals surface area contributed by atoms with E-state index in [1.807, 2.05) is 30.3 Å². The highest BCUT2D eigenvalue weighted by atomic mass is 19.4. The summed E-state index contributed by atoms with van der Waals surface area (Å²) in [5.41, 5.74) is 0.405. The van der Waals surface area contributed by atoms with E-state index < -0.39 is 17.8 Å². The van der Waals surface area contributed by atoms with Crippen LogP contribution in [0.1, 0.15) is 17.5 Å². The van der Waals surface area contributed by atoms with Crippen molar-refractivity contribution in [1.82, 2.24) is 25.0 Å². The molecule has 0 bridgehead atoms. The molecular weight excluding hydrogens is 483 g/mol. The van der Waals surface area contributed by atoms with Crippen molar-refractivity contribution in [3.05, 3.63) is 53.4 Å². The summed E-state index contributed by atoms with van der Waals surface area (Å²) >= 11 is 0. The number of rotatable bonds is 3. The van der Waals surface area contributed by atoms with E-state index in [9.17, 15) is 18.0 Å². The lowest BCUT2D eigenvalue weighted by Gasteiger charge is -2.33. The Hall–Kier alpha value is -3.49. The maximum Gasteiger partial charge on any atom is 0.416 e. The minimum Gasteiger partial charge on any atom is -0.364 e. The van der Waals surface area contributed by atoms with Crippen LogP contribution in [0.5, 0.6) is 0 Å². The number of urea groups is 1. The zero-order valence-electron chi connectivity index (χ0n) is 20.6. The van der Waals surface area contributed by atoms with E-state index >= 15 is 0 Å². The van der Waals surface area contributed by atoms with Crippen LogP contribution in [0, 0.1) is 17.8 Å². The van der Waals surface area contributed by atoms with Gasteiger partial charge in [-0.25, -0.2) is 9.80 Å². The Bertz CT molecular complexity index is 1170. The average molecular weight is 514 g/mol. The molecule has 0 radical (unpaired) electrons. The first kappa shape index (κ1) is 25.2. The molecule has 0 spiro atoms. The summed E-state index contributed by atoms with van der Waals surface area (Å²) in [5.74, 6) is 6.32. The normalized spacial score (nSPS) is 23.8. The number of amides is 2. The number of alkyl halides is 3. The largest absolute Gasteiger partial charge is 0.416 e. The Balaban J connectivity index is 1.19. The number of nitrogens with one attached hydrogen (secondary N) is 2. The number of anilines is 1.